The number of rotatable bonds is 5. The second-order valence-corrected chi connectivity index (χ2v) is 3.54. The first-order valence-corrected chi connectivity index (χ1v) is 5.19. The Balaban J connectivity index is 2.95. The van der Waals surface area contributed by atoms with Crippen LogP contribution in [0, 0.1) is 0 Å². The lowest BCUT2D eigenvalue weighted by Gasteiger charge is -2.13. The van der Waals surface area contributed by atoms with Gasteiger partial charge in [-0.15, -0.1) is 0 Å². The van der Waals surface area contributed by atoms with Gasteiger partial charge in [0.05, 0.1) is 14.2 Å². The fraction of sp³-hybridized carbons (Fsp3) is 0.500. The Morgan fingerprint density at radius 2 is 1.67 bits per heavy atom. The van der Waals surface area contributed by atoms with Gasteiger partial charge in [0.2, 0.25) is 0 Å². The molecule has 0 aromatic heterocycles. The molecule has 3 heteroatoms. The van der Waals surface area contributed by atoms with Crippen molar-refractivity contribution < 1.29 is 9.47 Å². The van der Waals surface area contributed by atoms with E-state index in [-0.39, 0.29) is 6.04 Å². The maximum absolute atomic E-state index is 6.04. The van der Waals surface area contributed by atoms with E-state index in [1.807, 2.05) is 18.2 Å². The first-order chi connectivity index (χ1) is 7.21. The minimum Gasteiger partial charge on any atom is -0.497 e. The van der Waals surface area contributed by atoms with E-state index < -0.39 is 0 Å². The molecular weight excluding hydrogens is 190 g/mol. The van der Waals surface area contributed by atoms with Crippen LogP contribution in [-0.4, -0.2) is 14.2 Å². The summed E-state index contributed by atoms with van der Waals surface area (Å²) in [6.45, 7) is 2.12. The molecule has 0 saturated heterocycles. The van der Waals surface area contributed by atoms with Crippen LogP contribution in [-0.2, 0) is 0 Å². The predicted octanol–water partition coefficient (Wildman–Crippen LogP) is 2.50. The van der Waals surface area contributed by atoms with Gasteiger partial charge >= 0.3 is 0 Å². The van der Waals surface area contributed by atoms with Crippen LogP contribution >= 0.6 is 0 Å². The number of nitrogens with two attached hydrogens (primary N) is 1. The molecule has 15 heavy (non-hydrogen) atoms. The number of hydrogen-bond acceptors (Lipinski definition) is 3. The summed E-state index contributed by atoms with van der Waals surface area (Å²) < 4.78 is 10.4. The maximum atomic E-state index is 6.04. The zero-order valence-electron chi connectivity index (χ0n) is 9.62. The average Bonchev–Trinajstić information content (AvgIpc) is 2.28. The van der Waals surface area contributed by atoms with Gasteiger partial charge in [0.15, 0.2) is 0 Å². The molecule has 1 aromatic carbocycles. The fourth-order valence-corrected chi connectivity index (χ4v) is 1.52. The van der Waals surface area contributed by atoms with Crippen LogP contribution < -0.4 is 15.2 Å². The van der Waals surface area contributed by atoms with E-state index in [0.29, 0.717) is 0 Å². The van der Waals surface area contributed by atoms with Gasteiger partial charge in [-0.3, -0.25) is 0 Å². The first kappa shape index (κ1) is 11.9. The fourth-order valence-electron chi connectivity index (χ4n) is 1.52. The van der Waals surface area contributed by atoms with E-state index >= 15 is 0 Å². The zero-order valence-corrected chi connectivity index (χ0v) is 9.62. The monoisotopic (exact) mass is 209 g/mol. The first-order valence-electron chi connectivity index (χ1n) is 5.19. The Morgan fingerprint density at radius 1 is 1.13 bits per heavy atom. The normalized spacial score (nSPS) is 12.3. The van der Waals surface area contributed by atoms with Crippen molar-refractivity contribution in [3.8, 4) is 11.5 Å². The van der Waals surface area contributed by atoms with Crippen molar-refractivity contribution in [3.05, 3.63) is 23.8 Å². The van der Waals surface area contributed by atoms with Crippen LogP contribution in [0.2, 0.25) is 0 Å². The summed E-state index contributed by atoms with van der Waals surface area (Å²) in [6, 6.07) is 5.83. The van der Waals surface area contributed by atoms with E-state index in [0.717, 1.165) is 29.9 Å². The minimum absolute atomic E-state index is 0.0546. The maximum Gasteiger partial charge on any atom is 0.122 e. The molecular formula is C12H19NO2. The zero-order chi connectivity index (χ0) is 11.3. The quantitative estimate of drug-likeness (QED) is 0.810. The summed E-state index contributed by atoms with van der Waals surface area (Å²) in [4.78, 5) is 0. The van der Waals surface area contributed by atoms with E-state index in [2.05, 4.69) is 6.92 Å². The molecule has 0 bridgehead atoms. The summed E-state index contributed by atoms with van der Waals surface area (Å²) in [5, 5.41) is 0. The van der Waals surface area contributed by atoms with Gasteiger partial charge in [0, 0.05) is 12.1 Å². The highest BCUT2D eigenvalue weighted by Gasteiger charge is 2.08. The molecule has 0 amide bonds. The molecule has 3 nitrogen and oxygen atoms in total. The second-order valence-electron chi connectivity index (χ2n) is 3.54. The molecule has 0 fully saturated rings. The molecule has 0 aliphatic carbocycles. The SMILES string of the molecule is CCC[C@@H](N)c1cc(OC)cc(OC)c1. The van der Waals surface area contributed by atoms with Crippen LogP contribution in [0.1, 0.15) is 31.4 Å². The van der Waals surface area contributed by atoms with Gasteiger partial charge in [-0.05, 0) is 24.1 Å². The van der Waals surface area contributed by atoms with Gasteiger partial charge in [0.25, 0.3) is 0 Å². The molecule has 1 atom stereocenters. The van der Waals surface area contributed by atoms with Crippen LogP contribution in [0.4, 0.5) is 0 Å². The minimum atomic E-state index is 0.0546. The van der Waals surface area contributed by atoms with E-state index in [9.17, 15) is 0 Å². The van der Waals surface area contributed by atoms with Crippen LogP contribution in [0.25, 0.3) is 0 Å². The van der Waals surface area contributed by atoms with E-state index in [1.165, 1.54) is 0 Å². The van der Waals surface area contributed by atoms with Crippen molar-refractivity contribution in [1.82, 2.24) is 0 Å². The molecule has 0 aliphatic heterocycles. The molecule has 1 aromatic rings. The van der Waals surface area contributed by atoms with E-state index in [4.69, 9.17) is 15.2 Å². The highest BCUT2D eigenvalue weighted by atomic mass is 16.5. The van der Waals surface area contributed by atoms with Gasteiger partial charge in [-0.25, -0.2) is 0 Å². The summed E-state index contributed by atoms with van der Waals surface area (Å²) >= 11 is 0. The van der Waals surface area contributed by atoms with Crippen molar-refractivity contribution in [2.45, 2.75) is 25.8 Å². The lowest BCUT2D eigenvalue weighted by atomic mass is 10.0. The lowest BCUT2D eigenvalue weighted by Crippen LogP contribution is -2.10. The van der Waals surface area contributed by atoms with Crippen LogP contribution in [0.15, 0.2) is 18.2 Å². The molecule has 1 rings (SSSR count). The summed E-state index contributed by atoms with van der Waals surface area (Å²) in [7, 11) is 3.29. The molecule has 0 saturated carbocycles. The van der Waals surface area contributed by atoms with Crippen LogP contribution in [0.3, 0.4) is 0 Å². The third kappa shape index (κ3) is 3.13. The van der Waals surface area contributed by atoms with Gasteiger partial charge in [-0.1, -0.05) is 13.3 Å². The van der Waals surface area contributed by atoms with Crippen molar-refractivity contribution in [3.63, 3.8) is 0 Å². The Bertz CT molecular complexity index is 290. The molecule has 0 aliphatic rings. The lowest BCUT2D eigenvalue weighted by molar-refractivity contribution is 0.392. The summed E-state index contributed by atoms with van der Waals surface area (Å²) in [5.74, 6) is 1.58. The topological polar surface area (TPSA) is 44.5 Å². The number of benzene rings is 1. The Hall–Kier alpha value is -1.22. The third-order valence-corrected chi connectivity index (χ3v) is 2.40. The highest BCUT2D eigenvalue weighted by molar-refractivity contribution is 5.39. The molecule has 0 spiro atoms. The van der Waals surface area contributed by atoms with Crippen molar-refractivity contribution in [2.24, 2.45) is 5.73 Å². The number of ether oxygens (including phenoxy) is 2. The number of hydrogen-bond donors (Lipinski definition) is 1. The van der Waals surface area contributed by atoms with Crippen molar-refractivity contribution in [2.75, 3.05) is 14.2 Å². The van der Waals surface area contributed by atoms with Crippen molar-refractivity contribution in [1.29, 1.82) is 0 Å². The largest absolute Gasteiger partial charge is 0.497 e. The molecule has 2 N–H and O–H groups in total. The second kappa shape index (κ2) is 5.61. The average molecular weight is 209 g/mol. The van der Waals surface area contributed by atoms with Gasteiger partial charge in [0.1, 0.15) is 11.5 Å². The summed E-state index contributed by atoms with van der Waals surface area (Å²) in [5.41, 5.74) is 7.10. The molecule has 0 radical (unpaired) electrons. The smallest absolute Gasteiger partial charge is 0.122 e. The van der Waals surface area contributed by atoms with E-state index in [1.54, 1.807) is 14.2 Å². The standard InChI is InChI=1S/C12H19NO2/c1-4-5-12(13)9-6-10(14-2)8-11(7-9)15-3/h6-8,12H,4-5,13H2,1-3H3/t12-/m1/s1. The Morgan fingerprint density at radius 3 is 2.07 bits per heavy atom. The number of methoxy groups -OCH3 is 2. The summed E-state index contributed by atoms with van der Waals surface area (Å²) in [6.07, 6.45) is 2.04. The molecule has 84 valence electrons. The Kier molecular flexibility index (Phi) is 4.43. The predicted molar refractivity (Wildman–Crippen MR) is 61.4 cm³/mol. The Labute approximate surface area is 91.2 Å². The third-order valence-electron chi connectivity index (χ3n) is 2.40. The molecule has 0 heterocycles. The van der Waals surface area contributed by atoms with Gasteiger partial charge < -0.3 is 15.2 Å². The van der Waals surface area contributed by atoms with Gasteiger partial charge in [-0.2, -0.15) is 0 Å². The molecule has 0 unspecified atom stereocenters. The highest BCUT2D eigenvalue weighted by Crippen LogP contribution is 2.27. The van der Waals surface area contributed by atoms with Crippen LogP contribution in [0.5, 0.6) is 11.5 Å². The van der Waals surface area contributed by atoms with Crippen molar-refractivity contribution >= 4 is 0 Å².